The van der Waals surface area contributed by atoms with E-state index < -0.39 is 17.7 Å². The van der Waals surface area contributed by atoms with Crippen LogP contribution >= 0.6 is 0 Å². The predicted molar refractivity (Wildman–Crippen MR) is 69.9 cm³/mol. The van der Waals surface area contributed by atoms with Gasteiger partial charge in [0.15, 0.2) is 0 Å². The van der Waals surface area contributed by atoms with E-state index in [2.05, 4.69) is 10.3 Å². The van der Waals surface area contributed by atoms with E-state index >= 15 is 0 Å². The van der Waals surface area contributed by atoms with E-state index in [1.165, 1.54) is 36.5 Å². The molecule has 0 aliphatic heterocycles. The van der Waals surface area contributed by atoms with Gasteiger partial charge in [-0.3, -0.25) is 4.79 Å². The van der Waals surface area contributed by atoms with Crippen LogP contribution in [-0.4, -0.2) is 22.0 Å². The Hall–Kier alpha value is -2.76. The van der Waals surface area contributed by atoms with Gasteiger partial charge in [-0.1, -0.05) is 18.2 Å². The summed E-state index contributed by atoms with van der Waals surface area (Å²) in [6.45, 7) is 0. The number of pyridine rings is 1. The number of rotatable bonds is 4. The summed E-state index contributed by atoms with van der Waals surface area (Å²) in [6.07, 6.45) is 1.13. The molecule has 0 bridgehead atoms. The van der Waals surface area contributed by atoms with Crippen molar-refractivity contribution >= 4 is 17.7 Å². The molecule has 0 saturated carbocycles. The molecule has 5 nitrogen and oxygen atoms in total. The van der Waals surface area contributed by atoms with Crippen LogP contribution in [0.1, 0.15) is 15.9 Å². The zero-order chi connectivity index (χ0) is 14.5. The van der Waals surface area contributed by atoms with Crippen LogP contribution in [0.15, 0.2) is 42.6 Å². The summed E-state index contributed by atoms with van der Waals surface area (Å²) in [6, 6.07) is 8.50. The molecule has 0 saturated heterocycles. The van der Waals surface area contributed by atoms with Crippen molar-refractivity contribution in [1.29, 1.82) is 0 Å². The maximum absolute atomic E-state index is 13.4. The Kier molecular flexibility index (Phi) is 4.05. The number of carboxylic acid groups (broad SMARTS) is 1. The van der Waals surface area contributed by atoms with E-state index in [0.29, 0.717) is 0 Å². The number of carboxylic acids is 1. The largest absolute Gasteiger partial charge is 0.478 e. The van der Waals surface area contributed by atoms with Gasteiger partial charge in [-0.25, -0.2) is 14.2 Å². The van der Waals surface area contributed by atoms with Crippen LogP contribution in [0.3, 0.4) is 0 Å². The third kappa shape index (κ3) is 3.38. The molecule has 0 radical (unpaired) electrons. The van der Waals surface area contributed by atoms with Crippen LogP contribution in [0.2, 0.25) is 0 Å². The third-order valence-electron chi connectivity index (χ3n) is 2.58. The number of benzene rings is 1. The molecule has 0 atom stereocenters. The van der Waals surface area contributed by atoms with Crippen LogP contribution < -0.4 is 5.32 Å². The Morgan fingerprint density at radius 3 is 2.70 bits per heavy atom. The van der Waals surface area contributed by atoms with Crippen molar-refractivity contribution in [2.45, 2.75) is 6.42 Å². The fraction of sp³-hybridized carbons (Fsp3) is 0.0714. The third-order valence-corrected chi connectivity index (χ3v) is 2.58. The molecule has 0 aliphatic carbocycles. The molecule has 1 heterocycles. The van der Waals surface area contributed by atoms with Gasteiger partial charge in [0.05, 0.1) is 12.0 Å². The van der Waals surface area contributed by atoms with Gasteiger partial charge in [-0.2, -0.15) is 0 Å². The first-order valence-corrected chi connectivity index (χ1v) is 5.79. The van der Waals surface area contributed by atoms with Crippen LogP contribution in [-0.2, 0) is 11.2 Å². The number of halogens is 1. The first kappa shape index (κ1) is 13.7. The molecule has 0 unspecified atom stereocenters. The van der Waals surface area contributed by atoms with Gasteiger partial charge in [0.25, 0.3) is 0 Å². The number of aromatic carboxylic acids is 1. The molecule has 1 aromatic carbocycles. The van der Waals surface area contributed by atoms with E-state index in [1.807, 2.05) is 0 Å². The first-order chi connectivity index (χ1) is 9.56. The minimum Gasteiger partial charge on any atom is -0.478 e. The van der Waals surface area contributed by atoms with Gasteiger partial charge in [0, 0.05) is 6.20 Å². The molecule has 1 aromatic heterocycles. The predicted octanol–water partition coefficient (Wildman–Crippen LogP) is 2.10. The Morgan fingerprint density at radius 2 is 2.00 bits per heavy atom. The number of amides is 1. The molecule has 102 valence electrons. The quantitative estimate of drug-likeness (QED) is 0.894. The molecule has 6 heteroatoms. The minimum atomic E-state index is -1.11. The number of nitrogens with one attached hydrogen (secondary N) is 1. The highest BCUT2D eigenvalue weighted by molar-refractivity contribution is 5.93. The Bertz CT molecular complexity index is 658. The van der Waals surface area contributed by atoms with E-state index in [0.717, 1.165) is 0 Å². The molecule has 0 spiro atoms. The van der Waals surface area contributed by atoms with Crippen LogP contribution in [0.4, 0.5) is 10.2 Å². The molecular formula is C14H11FN2O3. The highest BCUT2D eigenvalue weighted by Gasteiger charge is 2.10. The van der Waals surface area contributed by atoms with E-state index in [9.17, 15) is 14.0 Å². The number of carbonyl (C=O) groups is 2. The number of hydrogen-bond acceptors (Lipinski definition) is 3. The highest BCUT2D eigenvalue weighted by atomic mass is 19.1. The number of aromatic nitrogens is 1. The number of anilines is 1. The Balaban J connectivity index is 2.07. The minimum absolute atomic E-state index is 0.0150. The lowest BCUT2D eigenvalue weighted by Gasteiger charge is -2.05. The van der Waals surface area contributed by atoms with E-state index in [-0.39, 0.29) is 23.4 Å². The molecule has 2 N–H and O–H groups in total. The second-order valence-corrected chi connectivity index (χ2v) is 4.05. The average Bonchev–Trinajstić information content (AvgIpc) is 2.41. The van der Waals surface area contributed by atoms with Crippen molar-refractivity contribution in [1.82, 2.24) is 4.98 Å². The lowest BCUT2D eigenvalue weighted by atomic mass is 10.1. The lowest BCUT2D eigenvalue weighted by Crippen LogP contribution is -2.16. The van der Waals surface area contributed by atoms with Crippen molar-refractivity contribution in [2.75, 3.05) is 5.32 Å². The smallest absolute Gasteiger partial charge is 0.335 e. The van der Waals surface area contributed by atoms with Gasteiger partial charge >= 0.3 is 5.97 Å². The number of carbonyl (C=O) groups excluding carboxylic acids is 1. The summed E-state index contributed by atoms with van der Waals surface area (Å²) in [5.74, 6) is -1.93. The molecule has 2 aromatic rings. The van der Waals surface area contributed by atoms with Crippen molar-refractivity contribution in [3.63, 3.8) is 0 Å². The van der Waals surface area contributed by atoms with Crippen LogP contribution in [0.25, 0.3) is 0 Å². The summed E-state index contributed by atoms with van der Waals surface area (Å²) in [4.78, 5) is 26.4. The topological polar surface area (TPSA) is 79.3 Å². The van der Waals surface area contributed by atoms with E-state index in [4.69, 9.17) is 5.11 Å². The highest BCUT2D eigenvalue weighted by Crippen LogP contribution is 2.10. The summed E-state index contributed by atoms with van der Waals surface area (Å²) >= 11 is 0. The number of hydrogen-bond donors (Lipinski definition) is 2. The second kappa shape index (κ2) is 5.92. The van der Waals surface area contributed by atoms with E-state index in [1.54, 1.807) is 6.07 Å². The second-order valence-electron chi connectivity index (χ2n) is 4.05. The molecule has 0 fully saturated rings. The van der Waals surface area contributed by atoms with Gasteiger partial charge in [-0.15, -0.1) is 0 Å². The summed E-state index contributed by atoms with van der Waals surface area (Å²) in [5.41, 5.74) is 0.278. The van der Waals surface area contributed by atoms with Crippen LogP contribution in [0.5, 0.6) is 0 Å². The van der Waals surface area contributed by atoms with Gasteiger partial charge in [0.1, 0.15) is 11.6 Å². The van der Waals surface area contributed by atoms with Crippen molar-refractivity contribution < 1.29 is 19.1 Å². The number of nitrogens with zero attached hydrogens (tertiary/aromatic N) is 1. The fourth-order valence-electron chi connectivity index (χ4n) is 1.63. The standard InChI is InChI=1S/C14H11FN2O3/c15-11-4-2-1-3-9(11)8-13(18)17-12-7-10(14(19)20)5-6-16-12/h1-7H,8H2,(H,19,20)(H,16,17,18). The van der Waals surface area contributed by atoms with Gasteiger partial charge in [0.2, 0.25) is 5.91 Å². The Labute approximate surface area is 114 Å². The fourth-order valence-corrected chi connectivity index (χ4v) is 1.63. The molecule has 1 amide bonds. The van der Waals surface area contributed by atoms with Crippen molar-refractivity contribution in [2.24, 2.45) is 0 Å². The zero-order valence-electron chi connectivity index (χ0n) is 10.3. The first-order valence-electron chi connectivity index (χ1n) is 5.79. The molecule has 20 heavy (non-hydrogen) atoms. The van der Waals surface area contributed by atoms with Crippen LogP contribution in [0, 0.1) is 5.82 Å². The SMILES string of the molecule is O=C(Cc1ccccc1F)Nc1cc(C(=O)O)ccn1. The normalized spacial score (nSPS) is 10.1. The molecule has 0 aliphatic rings. The lowest BCUT2D eigenvalue weighted by molar-refractivity contribution is -0.115. The molecule has 2 rings (SSSR count). The summed E-state index contributed by atoms with van der Waals surface area (Å²) < 4.78 is 13.4. The van der Waals surface area contributed by atoms with Crippen molar-refractivity contribution in [3.8, 4) is 0 Å². The summed E-state index contributed by atoms with van der Waals surface area (Å²) in [5, 5.41) is 11.3. The zero-order valence-corrected chi connectivity index (χ0v) is 10.3. The molecular weight excluding hydrogens is 263 g/mol. The average molecular weight is 274 g/mol. The maximum Gasteiger partial charge on any atom is 0.335 e. The van der Waals surface area contributed by atoms with Gasteiger partial charge in [-0.05, 0) is 23.8 Å². The Morgan fingerprint density at radius 1 is 1.25 bits per heavy atom. The maximum atomic E-state index is 13.4. The summed E-state index contributed by atoms with van der Waals surface area (Å²) in [7, 11) is 0. The monoisotopic (exact) mass is 274 g/mol. The van der Waals surface area contributed by atoms with Gasteiger partial charge < -0.3 is 10.4 Å². The van der Waals surface area contributed by atoms with Crippen molar-refractivity contribution in [3.05, 3.63) is 59.5 Å².